The highest BCUT2D eigenvalue weighted by Gasteiger charge is 2.12. The Morgan fingerprint density at radius 2 is 1.80 bits per heavy atom. The van der Waals surface area contributed by atoms with Gasteiger partial charge in [-0.15, -0.1) is 0 Å². The third-order valence-electron chi connectivity index (χ3n) is 3.15. The molecule has 0 spiro atoms. The van der Waals surface area contributed by atoms with Crippen LogP contribution in [0, 0.1) is 0 Å². The molecule has 0 fully saturated rings. The van der Waals surface area contributed by atoms with Gasteiger partial charge in [0, 0.05) is 15.5 Å². The van der Waals surface area contributed by atoms with Crippen molar-refractivity contribution in [3.05, 3.63) is 68.1 Å². The number of hydrogen-bond acceptors (Lipinski definition) is 1. The molecule has 2 rings (SSSR count). The minimum absolute atomic E-state index is 0.242. The van der Waals surface area contributed by atoms with Crippen LogP contribution in [0.15, 0.2) is 46.9 Å². The number of likely N-dealkylation sites (N-methyl/N-ethyl adjacent to an activating group) is 1. The molecule has 0 bridgehead atoms. The van der Waals surface area contributed by atoms with E-state index in [1.54, 1.807) is 0 Å². The van der Waals surface area contributed by atoms with Crippen LogP contribution in [-0.2, 0) is 6.42 Å². The average molecular weight is 373 g/mol. The standard InChI is InChI=1S/C16H16BrCl2N/c1-2-20-16(9-11-3-6-13(18)7-4-11)12-5-8-14(17)15(19)10-12/h3-8,10,16,20H,2,9H2,1H3. The Bertz CT molecular complexity index is 569. The average Bonchev–Trinajstić information content (AvgIpc) is 2.44. The van der Waals surface area contributed by atoms with Crippen LogP contribution >= 0.6 is 39.1 Å². The summed E-state index contributed by atoms with van der Waals surface area (Å²) >= 11 is 15.5. The van der Waals surface area contributed by atoms with Gasteiger partial charge < -0.3 is 5.32 Å². The van der Waals surface area contributed by atoms with Gasteiger partial charge in [0.2, 0.25) is 0 Å². The van der Waals surface area contributed by atoms with Crippen LogP contribution in [0.5, 0.6) is 0 Å². The van der Waals surface area contributed by atoms with Crippen LogP contribution in [0.2, 0.25) is 10.0 Å². The summed E-state index contributed by atoms with van der Waals surface area (Å²) in [5.41, 5.74) is 2.44. The highest BCUT2D eigenvalue weighted by atomic mass is 79.9. The molecule has 1 nitrogen and oxygen atoms in total. The summed E-state index contributed by atoms with van der Waals surface area (Å²) in [5, 5.41) is 5.00. The van der Waals surface area contributed by atoms with Gasteiger partial charge in [0.15, 0.2) is 0 Å². The highest BCUT2D eigenvalue weighted by Crippen LogP contribution is 2.27. The van der Waals surface area contributed by atoms with E-state index in [0.29, 0.717) is 0 Å². The SMILES string of the molecule is CCNC(Cc1ccc(Cl)cc1)c1ccc(Br)c(Cl)c1. The Labute approximate surface area is 138 Å². The lowest BCUT2D eigenvalue weighted by Crippen LogP contribution is -2.22. The lowest BCUT2D eigenvalue weighted by Gasteiger charge is -2.19. The van der Waals surface area contributed by atoms with E-state index in [-0.39, 0.29) is 6.04 Å². The fourth-order valence-electron chi connectivity index (χ4n) is 2.14. The largest absolute Gasteiger partial charge is 0.310 e. The van der Waals surface area contributed by atoms with Crippen LogP contribution in [0.25, 0.3) is 0 Å². The zero-order valence-corrected chi connectivity index (χ0v) is 14.3. The van der Waals surface area contributed by atoms with Crippen LogP contribution in [0.4, 0.5) is 0 Å². The lowest BCUT2D eigenvalue weighted by molar-refractivity contribution is 0.550. The zero-order valence-electron chi connectivity index (χ0n) is 11.2. The second kappa shape index (κ2) is 7.46. The lowest BCUT2D eigenvalue weighted by atomic mass is 9.99. The van der Waals surface area contributed by atoms with Gasteiger partial charge in [0.05, 0.1) is 5.02 Å². The maximum Gasteiger partial charge on any atom is 0.0551 e. The van der Waals surface area contributed by atoms with Crippen LogP contribution in [0.1, 0.15) is 24.1 Å². The van der Waals surface area contributed by atoms with Gasteiger partial charge in [-0.05, 0) is 64.3 Å². The summed E-state index contributed by atoms with van der Waals surface area (Å²) in [6.45, 7) is 3.02. The molecule has 20 heavy (non-hydrogen) atoms. The number of rotatable bonds is 5. The molecule has 106 valence electrons. The van der Waals surface area contributed by atoms with Crippen molar-refractivity contribution in [3.63, 3.8) is 0 Å². The molecule has 1 unspecified atom stereocenters. The van der Waals surface area contributed by atoms with Crippen molar-refractivity contribution >= 4 is 39.1 Å². The molecule has 1 N–H and O–H groups in total. The van der Waals surface area contributed by atoms with Gasteiger partial charge in [0.1, 0.15) is 0 Å². The van der Waals surface area contributed by atoms with E-state index >= 15 is 0 Å². The minimum atomic E-state index is 0.242. The predicted octanol–water partition coefficient (Wildman–Crippen LogP) is 5.65. The highest BCUT2D eigenvalue weighted by molar-refractivity contribution is 9.10. The van der Waals surface area contributed by atoms with E-state index in [9.17, 15) is 0 Å². The van der Waals surface area contributed by atoms with E-state index in [0.717, 1.165) is 27.5 Å². The fraction of sp³-hybridized carbons (Fsp3) is 0.250. The second-order valence-electron chi connectivity index (χ2n) is 4.61. The molecule has 0 aliphatic carbocycles. The summed E-state index contributed by atoms with van der Waals surface area (Å²) in [6.07, 6.45) is 0.906. The number of halogens is 3. The molecular weight excluding hydrogens is 357 g/mol. The maximum atomic E-state index is 6.19. The van der Waals surface area contributed by atoms with Gasteiger partial charge in [-0.25, -0.2) is 0 Å². The molecule has 4 heteroatoms. The van der Waals surface area contributed by atoms with Crippen LogP contribution < -0.4 is 5.32 Å². The van der Waals surface area contributed by atoms with E-state index in [2.05, 4.69) is 46.4 Å². The van der Waals surface area contributed by atoms with E-state index in [1.165, 1.54) is 11.1 Å². The maximum absolute atomic E-state index is 6.19. The van der Waals surface area contributed by atoms with Gasteiger partial charge >= 0.3 is 0 Å². The summed E-state index contributed by atoms with van der Waals surface area (Å²) in [5.74, 6) is 0. The van der Waals surface area contributed by atoms with Crippen molar-refractivity contribution in [1.82, 2.24) is 5.32 Å². The molecule has 1 atom stereocenters. The summed E-state index contributed by atoms with van der Waals surface area (Å²) in [7, 11) is 0. The smallest absolute Gasteiger partial charge is 0.0551 e. The zero-order chi connectivity index (χ0) is 14.5. The first-order valence-electron chi connectivity index (χ1n) is 6.53. The summed E-state index contributed by atoms with van der Waals surface area (Å²) in [6, 6.07) is 14.3. The van der Waals surface area contributed by atoms with Crippen LogP contribution in [0.3, 0.4) is 0 Å². The molecule has 0 heterocycles. The molecule has 0 aliphatic heterocycles. The molecule has 0 radical (unpaired) electrons. The third kappa shape index (κ3) is 4.23. The molecule has 2 aromatic carbocycles. The Morgan fingerprint density at radius 3 is 2.40 bits per heavy atom. The monoisotopic (exact) mass is 371 g/mol. The molecule has 2 aromatic rings. The van der Waals surface area contributed by atoms with Crippen molar-refractivity contribution in [2.24, 2.45) is 0 Å². The quantitative estimate of drug-likeness (QED) is 0.714. The molecular formula is C16H16BrCl2N. The number of hydrogen-bond donors (Lipinski definition) is 1. The normalized spacial score (nSPS) is 12.4. The van der Waals surface area contributed by atoms with Crippen molar-refractivity contribution in [3.8, 4) is 0 Å². The van der Waals surface area contributed by atoms with Crippen molar-refractivity contribution in [2.45, 2.75) is 19.4 Å². The number of benzene rings is 2. The van der Waals surface area contributed by atoms with Crippen LogP contribution in [-0.4, -0.2) is 6.54 Å². The van der Waals surface area contributed by atoms with Gasteiger partial charge in [0.25, 0.3) is 0 Å². The van der Waals surface area contributed by atoms with E-state index in [4.69, 9.17) is 23.2 Å². The van der Waals surface area contributed by atoms with Gasteiger partial charge in [-0.2, -0.15) is 0 Å². The first-order valence-corrected chi connectivity index (χ1v) is 8.08. The molecule has 0 saturated heterocycles. The predicted molar refractivity (Wildman–Crippen MR) is 90.7 cm³/mol. The summed E-state index contributed by atoms with van der Waals surface area (Å²) < 4.78 is 0.921. The Kier molecular flexibility index (Phi) is 5.91. The molecule has 0 saturated carbocycles. The molecule has 0 amide bonds. The van der Waals surface area contributed by atoms with E-state index < -0.39 is 0 Å². The van der Waals surface area contributed by atoms with E-state index in [1.807, 2.05) is 24.3 Å². The van der Waals surface area contributed by atoms with Crippen molar-refractivity contribution < 1.29 is 0 Å². The Hall–Kier alpha value is -0.540. The first-order chi connectivity index (χ1) is 9.60. The van der Waals surface area contributed by atoms with Gasteiger partial charge in [-0.3, -0.25) is 0 Å². The van der Waals surface area contributed by atoms with Crippen molar-refractivity contribution in [1.29, 1.82) is 0 Å². The minimum Gasteiger partial charge on any atom is -0.310 e. The van der Waals surface area contributed by atoms with Gasteiger partial charge in [-0.1, -0.05) is 48.3 Å². The Morgan fingerprint density at radius 1 is 1.10 bits per heavy atom. The molecule has 0 aliphatic rings. The van der Waals surface area contributed by atoms with Crippen molar-refractivity contribution in [2.75, 3.05) is 6.54 Å². The second-order valence-corrected chi connectivity index (χ2v) is 6.31. The third-order valence-corrected chi connectivity index (χ3v) is 4.63. The first kappa shape index (κ1) is 15.8. The Balaban J connectivity index is 2.21. The molecule has 0 aromatic heterocycles. The topological polar surface area (TPSA) is 12.0 Å². The number of nitrogens with one attached hydrogen (secondary N) is 1. The summed E-state index contributed by atoms with van der Waals surface area (Å²) in [4.78, 5) is 0. The fourth-order valence-corrected chi connectivity index (χ4v) is 2.70.